The van der Waals surface area contributed by atoms with Crippen molar-refractivity contribution in [1.29, 1.82) is 0 Å². The fraction of sp³-hybridized carbons (Fsp3) is 0.529. The lowest BCUT2D eigenvalue weighted by Gasteiger charge is -2.28. The Hall–Kier alpha value is -2.08. The van der Waals surface area contributed by atoms with Crippen LogP contribution in [0.15, 0.2) is 24.3 Å². The summed E-state index contributed by atoms with van der Waals surface area (Å²) in [7, 11) is 0. The molecule has 0 saturated carbocycles. The third-order valence-electron chi connectivity index (χ3n) is 4.01. The first-order valence-corrected chi connectivity index (χ1v) is 7.99. The zero-order chi connectivity index (χ0) is 16.6. The van der Waals surface area contributed by atoms with E-state index in [1.54, 1.807) is 25.8 Å². The maximum absolute atomic E-state index is 12.9. The van der Waals surface area contributed by atoms with Crippen molar-refractivity contribution in [2.45, 2.75) is 45.4 Å². The fourth-order valence-corrected chi connectivity index (χ4v) is 3.08. The quantitative estimate of drug-likeness (QED) is 0.863. The molecule has 0 unspecified atom stereocenters. The zero-order valence-electron chi connectivity index (χ0n) is 13.8. The maximum Gasteiger partial charge on any atom is 0.408 e. The molecule has 1 saturated heterocycles. The topological polar surface area (TPSA) is 61.9 Å². The summed E-state index contributed by atoms with van der Waals surface area (Å²) in [4.78, 5) is 25.1. The van der Waals surface area contributed by atoms with Gasteiger partial charge in [-0.1, -0.05) is 24.3 Å². The van der Waals surface area contributed by atoms with Crippen LogP contribution in [0.3, 0.4) is 0 Å². The summed E-state index contributed by atoms with van der Waals surface area (Å²) >= 11 is 0. The Morgan fingerprint density at radius 1 is 1.26 bits per heavy atom. The molecule has 1 aromatic carbocycles. The summed E-state index contributed by atoms with van der Waals surface area (Å²) < 4.78 is 5.32. The second-order valence-electron chi connectivity index (χ2n) is 6.98. The largest absolute Gasteiger partial charge is 0.444 e. The molecule has 0 bridgehead atoms. The number of benzene rings is 1. The predicted octanol–water partition coefficient (Wildman–Crippen LogP) is 2.22. The van der Waals surface area contributed by atoms with E-state index < -0.39 is 17.7 Å². The van der Waals surface area contributed by atoms with Crippen LogP contribution >= 0.6 is 0 Å². The van der Waals surface area contributed by atoms with Crippen LogP contribution in [0.4, 0.5) is 4.79 Å². The molecule has 2 heterocycles. The molecule has 124 valence electrons. The molecule has 6 nitrogen and oxygen atoms in total. The molecule has 23 heavy (non-hydrogen) atoms. The van der Waals surface area contributed by atoms with Gasteiger partial charge in [-0.25, -0.2) is 9.80 Å². The highest BCUT2D eigenvalue weighted by molar-refractivity contribution is 5.87. The van der Waals surface area contributed by atoms with Gasteiger partial charge >= 0.3 is 6.09 Å². The Morgan fingerprint density at radius 2 is 2.00 bits per heavy atom. The molecule has 1 aromatic rings. The van der Waals surface area contributed by atoms with Crippen LogP contribution in [0.1, 0.15) is 44.4 Å². The Labute approximate surface area is 136 Å². The highest BCUT2D eigenvalue weighted by Gasteiger charge is 2.38. The third kappa shape index (κ3) is 3.32. The van der Waals surface area contributed by atoms with Gasteiger partial charge in [0.25, 0.3) is 5.91 Å². The van der Waals surface area contributed by atoms with E-state index in [0.29, 0.717) is 13.1 Å². The van der Waals surface area contributed by atoms with E-state index in [1.807, 2.05) is 24.3 Å². The van der Waals surface area contributed by atoms with Gasteiger partial charge in [0.1, 0.15) is 11.6 Å². The van der Waals surface area contributed by atoms with Gasteiger partial charge in [0.2, 0.25) is 0 Å². The maximum atomic E-state index is 12.9. The van der Waals surface area contributed by atoms with Gasteiger partial charge in [-0.05, 0) is 38.3 Å². The summed E-state index contributed by atoms with van der Waals surface area (Å²) in [5.74, 6) is -0.0988. The van der Waals surface area contributed by atoms with Gasteiger partial charge in [-0.15, -0.1) is 0 Å². The van der Waals surface area contributed by atoms with E-state index in [9.17, 15) is 9.59 Å². The summed E-state index contributed by atoms with van der Waals surface area (Å²) in [5.41, 5.74) is 1.31. The molecule has 1 fully saturated rings. The number of amides is 2. The minimum atomic E-state index is -0.704. The average Bonchev–Trinajstić information content (AvgIpc) is 2.87. The van der Waals surface area contributed by atoms with Crippen molar-refractivity contribution in [3.05, 3.63) is 35.4 Å². The number of ether oxygens (including phenoxy) is 1. The van der Waals surface area contributed by atoms with E-state index in [4.69, 9.17) is 4.74 Å². The van der Waals surface area contributed by atoms with Crippen LogP contribution in [-0.2, 0) is 16.1 Å². The van der Waals surface area contributed by atoms with Crippen LogP contribution in [0.25, 0.3) is 0 Å². The summed E-state index contributed by atoms with van der Waals surface area (Å²) in [5, 5.41) is 6.56. The average molecular weight is 317 g/mol. The van der Waals surface area contributed by atoms with Crippen molar-refractivity contribution in [3.63, 3.8) is 0 Å². The molecule has 2 aliphatic heterocycles. The van der Waals surface area contributed by atoms with E-state index in [1.165, 1.54) is 0 Å². The second-order valence-corrected chi connectivity index (χ2v) is 6.98. The number of carbonyl (C=O) groups is 2. The number of rotatable bonds is 1. The third-order valence-corrected chi connectivity index (χ3v) is 4.01. The second kappa shape index (κ2) is 5.85. The highest BCUT2D eigenvalue weighted by atomic mass is 16.6. The molecule has 2 amide bonds. The molecule has 0 aliphatic carbocycles. The molecule has 1 atom stereocenters. The lowest BCUT2D eigenvalue weighted by molar-refractivity contribution is -0.146. The van der Waals surface area contributed by atoms with E-state index in [-0.39, 0.29) is 5.91 Å². The standard InChI is InChI=1S/C17H23N3O3/c1-17(2,3)23-16(22)18-14-13-8-5-4-7-12(13)11-19-9-6-10-20(19)15(14)21/h4-5,7-8,14H,6,9-11H2,1-3H3,(H,18,22)/t14-/m0/s1. The minimum absolute atomic E-state index is 0.0988. The smallest absolute Gasteiger partial charge is 0.408 e. The van der Waals surface area contributed by atoms with Crippen LogP contribution in [0.2, 0.25) is 0 Å². The summed E-state index contributed by atoms with van der Waals surface area (Å²) in [6.07, 6.45) is 0.380. The van der Waals surface area contributed by atoms with Gasteiger partial charge in [-0.3, -0.25) is 9.80 Å². The Bertz CT molecular complexity index is 624. The van der Waals surface area contributed by atoms with Crippen molar-refractivity contribution >= 4 is 12.0 Å². The van der Waals surface area contributed by atoms with E-state index in [0.717, 1.165) is 24.1 Å². The number of nitrogens with zero attached hydrogens (tertiary/aromatic N) is 2. The number of hydrogen-bond donors (Lipinski definition) is 1. The van der Waals surface area contributed by atoms with Crippen molar-refractivity contribution in [1.82, 2.24) is 15.3 Å². The minimum Gasteiger partial charge on any atom is -0.444 e. The first-order valence-electron chi connectivity index (χ1n) is 7.99. The molecular weight excluding hydrogens is 294 g/mol. The number of carbonyl (C=O) groups excluding carboxylic acids is 2. The summed E-state index contributed by atoms with van der Waals surface area (Å²) in [6, 6.07) is 7.05. The van der Waals surface area contributed by atoms with Crippen molar-refractivity contribution < 1.29 is 14.3 Å². The first-order chi connectivity index (χ1) is 10.8. The number of hydrazine groups is 1. The number of nitrogens with one attached hydrogen (secondary N) is 1. The molecular formula is C17H23N3O3. The van der Waals surface area contributed by atoms with E-state index >= 15 is 0 Å². The fourth-order valence-electron chi connectivity index (χ4n) is 3.08. The van der Waals surface area contributed by atoms with Gasteiger partial charge in [-0.2, -0.15) is 0 Å². The Kier molecular flexibility index (Phi) is 4.02. The van der Waals surface area contributed by atoms with Gasteiger partial charge in [0.05, 0.1) is 0 Å². The molecule has 3 rings (SSSR count). The molecule has 0 spiro atoms. The monoisotopic (exact) mass is 317 g/mol. The molecule has 0 aromatic heterocycles. The van der Waals surface area contributed by atoms with Crippen molar-refractivity contribution in [2.24, 2.45) is 0 Å². The van der Waals surface area contributed by atoms with Crippen molar-refractivity contribution in [2.75, 3.05) is 13.1 Å². The first kappa shape index (κ1) is 15.8. The van der Waals surface area contributed by atoms with Gasteiger partial charge < -0.3 is 10.1 Å². The molecule has 0 radical (unpaired) electrons. The van der Waals surface area contributed by atoms with Gasteiger partial charge in [0.15, 0.2) is 0 Å². The number of hydrogen-bond acceptors (Lipinski definition) is 4. The lowest BCUT2D eigenvalue weighted by atomic mass is 10.00. The van der Waals surface area contributed by atoms with E-state index in [2.05, 4.69) is 10.3 Å². The van der Waals surface area contributed by atoms with Gasteiger partial charge in [0, 0.05) is 19.6 Å². The molecule has 6 heteroatoms. The van der Waals surface area contributed by atoms with Crippen molar-refractivity contribution in [3.8, 4) is 0 Å². The van der Waals surface area contributed by atoms with Crippen LogP contribution in [0, 0.1) is 0 Å². The molecule has 1 N–H and O–H groups in total. The van der Waals surface area contributed by atoms with Crippen LogP contribution in [0.5, 0.6) is 0 Å². The highest BCUT2D eigenvalue weighted by Crippen LogP contribution is 2.29. The SMILES string of the molecule is CC(C)(C)OC(=O)N[C@@H]1C(=O)N2CCCN2Cc2ccccc21. The molecule has 2 aliphatic rings. The lowest BCUT2D eigenvalue weighted by Crippen LogP contribution is -2.46. The summed E-state index contributed by atoms with van der Waals surface area (Å²) in [6.45, 7) is 7.65. The van der Waals surface area contributed by atoms with Crippen LogP contribution in [-0.4, -0.2) is 40.7 Å². The Morgan fingerprint density at radius 3 is 2.74 bits per heavy atom. The zero-order valence-corrected chi connectivity index (χ0v) is 13.8. The normalized spacial score (nSPS) is 21.4. The van der Waals surface area contributed by atoms with Crippen LogP contribution < -0.4 is 5.32 Å². The number of alkyl carbamates (subject to hydrolysis) is 1. The number of fused-ring (bicyclic) bond motifs is 2. The predicted molar refractivity (Wildman–Crippen MR) is 85.3 cm³/mol. The Balaban J connectivity index is 1.90.